The van der Waals surface area contributed by atoms with Crippen molar-refractivity contribution in [1.82, 2.24) is 4.72 Å². The van der Waals surface area contributed by atoms with Gasteiger partial charge in [-0.25, -0.2) is 13.1 Å². The van der Waals surface area contributed by atoms with Crippen LogP contribution in [0.25, 0.3) is 11.1 Å². The maximum absolute atomic E-state index is 13.4. The minimum absolute atomic E-state index is 0. The molecule has 0 bridgehead atoms. The Kier molecular flexibility index (Phi) is 6.40. The molecule has 200 valence electrons. The zero-order valence-electron chi connectivity index (χ0n) is 21.5. The number of fused-ring (bicyclic) bond motifs is 1. The maximum Gasteiger partial charge on any atom is 0.240 e. The molecule has 0 spiro atoms. The summed E-state index contributed by atoms with van der Waals surface area (Å²) in [5.41, 5.74) is 3.96. The molecule has 1 amide bonds. The van der Waals surface area contributed by atoms with E-state index in [0.717, 1.165) is 60.8 Å². The average molecular weight is 535 g/mol. The van der Waals surface area contributed by atoms with Crippen LogP contribution in [0.3, 0.4) is 0 Å². The number of sulfonamides is 1. The largest absolute Gasteiger partial charge is 0.454 e. The Balaban J connectivity index is 0.00000308. The van der Waals surface area contributed by atoms with Gasteiger partial charge >= 0.3 is 0 Å². The minimum atomic E-state index is -3.56. The molecule has 8 heteroatoms. The van der Waals surface area contributed by atoms with E-state index < -0.39 is 15.4 Å². The fraction of sp³-hybridized carbons (Fsp3) is 0.367. The first-order chi connectivity index (χ1) is 18.3. The number of amides is 1. The van der Waals surface area contributed by atoms with Crippen molar-refractivity contribution < 1.29 is 24.1 Å². The third-order valence-corrected chi connectivity index (χ3v) is 9.54. The van der Waals surface area contributed by atoms with Gasteiger partial charge in [0, 0.05) is 13.2 Å². The average Bonchev–Trinajstić information content (AvgIpc) is 3.61. The van der Waals surface area contributed by atoms with Crippen molar-refractivity contribution in [2.75, 3.05) is 12.1 Å². The molecule has 3 aromatic carbocycles. The molecule has 2 saturated carbocycles. The molecule has 2 aliphatic carbocycles. The van der Waals surface area contributed by atoms with E-state index in [1.807, 2.05) is 55.5 Å². The number of anilines is 1. The quantitative estimate of drug-likeness (QED) is 0.393. The first kappa shape index (κ1) is 24.9. The van der Waals surface area contributed by atoms with Crippen LogP contribution in [0, 0.1) is 6.92 Å². The van der Waals surface area contributed by atoms with Crippen LogP contribution in [0.5, 0.6) is 11.5 Å². The van der Waals surface area contributed by atoms with E-state index in [2.05, 4.69) is 10.0 Å². The summed E-state index contributed by atoms with van der Waals surface area (Å²) in [6, 6.07) is 18.5. The summed E-state index contributed by atoms with van der Waals surface area (Å²) >= 11 is 0. The number of ether oxygens (including phenoxy) is 2. The molecule has 6 rings (SSSR count). The van der Waals surface area contributed by atoms with Gasteiger partial charge < -0.3 is 14.8 Å². The lowest BCUT2D eigenvalue weighted by Gasteiger charge is -2.22. The lowest BCUT2D eigenvalue weighted by atomic mass is 9.94. The van der Waals surface area contributed by atoms with Crippen LogP contribution < -0.4 is 19.5 Å². The number of aryl methyl sites for hydroxylation is 1. The van der Waals surface area contributed by atoms with Gasteiger partial charge in [-0.2, -0.15) is 0 Å². The van der Waals surface area contributed by atoms with Crippen LogP contribution >= 0.6 is 0 Å². The molecule has 0 unspecified atom stereocenters. The van der Waals surface area contributed by atoms with Gasteiger partial charge in [0.1, 0.15) is 0 Å². The van der Waals surface area contributed by atoms with Crippen molar-refractivity contribution in [1.29, 1.82) is 0 Å². The Morgan fingerprint density at radius 3 is 2.39 bits per heavy atom. The van der Waals surface area contributed by atoms with Crippen molar-refractivity contribution >= 4 is 21.6 Å². The molecule has 7 nitrogen and oxygen atoms in total. The fourth-order valence-corrected chi connectivity index (χ4v) is 6.85. The summed E-state index contributed by atoms with van der Waals surface area (Å²) in [6.07, 6.45) is 6.65. The molecule has 3 aromatic rings. The Morgan fingerprint density at radius 1 is 0.921 bits per heavy atom. The van der Waals surface area contributed by atoms with E-state index >= 15 is 0 Å². The lowest BCUT2D eigenvalue weighted by Crippen LogP contribution is -2.36. The predicted molar refractivity (Wildman–Crippen MR) is 148 cm³/mol. The van der Waals surface area contributed by atoms with Gasteiger partial charge in [0.2, 0.25) is 22.7 Å². The molecule has 0 radical (unpaired) electrons. The minimum Gasteiger partial charge on any atom is -0.454 e. The first-order valence-electron chi connectivity index (χ1n) is 13.3. The third kappa shape index (κ3) is 4.78. The zero-order chi connectivity index (χ0) is 26.3. The smallest absolute Gasteiger partial charge is 0.240 e. The van der Waals surface area contributed by atoms with Crippen LogP contribution in [0.1, 0.15) is 57.5 Å². The van der Waals surface area contributed by atoms with E-state index in [0.29, 0.717) is 17.2 Å². The molecular formula is C30H34N2O5S. The van der Waals surface area contributed by atoms with Gasteiger partial charge in [0.05, 0.1) is 10.3 Å². The van der Waals surface area contributed by atoms with Gasteiger partial charge in [-0.1, -0.05) is 43.5 Å². The van der Waals surface area contributed by atoms with Crippen LogP contribution in [0.15, 0.2) is 65.6 Å². The Morgan fingerprint density at radius 2 is 1.66 bits per heavy atom. The second-order valence-electron chi connectivity index (χ2n) is 10.6. The van der Waals surface area contributed by atoms with Crippen molar-refractivity contribution in [3.05, 3.63) is 71.8 Å². The topological polar surface area (TPSA) is 93.7 Å². The van der Waals surface area contributed by atoms with E-state index in [-0.39, 0.29) is 25.1 Å². The van der Waals surface area contributed by atoms with Gasteiger partial charge in [0.15, 0.2) is 11.5 Å². The Bertz CT molecular complexity index is 1480. The van der Waals surface area contributed by atoms with Crippen LogP contribution in [0.4, 0.5) is 5.69 Å². The third-order valence-electron chi connectivity index (χ3n) is 8.01. The van der Waals surface area contributed by atoms with Gasteiger partial charge in [-0.15, -0.1) is 0 Å². The molecule has 2 fully saturated rings. The van der Waals surface area contributed by atoms with Crippen LogP contribution in [-0.4, -0.2) is 27.2 Å². The van der Waals surface area contributed by atoms with E-state index in [9.17, 15) is 13.2 Å². The number of hydrogen-bond donors (Lipinski definition) is 2. The summed E-state index contributed by atoms with van der Waals surface area (Å²) in [6.45, 7) is 2.21. The highest BCUT2D eigenvalue weighted by Crippen LogP contribution is 2.51. The Labute approximate surface area is 225 Å². The standard InChI is InChI=1S/C30H32N2O5S.H2/c1-20-7-11-24(31-29(33)30(15-16-30)22-10-14-27-28(17-22)37-19-36-27)18-26(20)21-8-12-25(13-9-21)38(34,35)32-23-5-3-2-4-6-23;/h7-14,17-18,23,32H,2-6,15-16,19H2,1H3,(H,31,33);1H. The summed E-state index contributed by atoms with van der Waals surface area (Å²) < 4.78 is 39.6. The van der Waals surface area contributed by atoms with Crippen LogP contribution in [0.2, 0.25) is 0 Å². The predicted octanol–water partition coefficient (Wildman–Crippen LogP) is 5.92. The fourth-order valence-electron chi connectivity index (χ4n) is 5.55. The SMILES string of the molecule is Cc1ccc(NC(=O)C2(c3ccc4c(c3)OCO4)CC2)cc1-c1ccc(S(=O)(=O)NC2CCCCC2)cc1.[HH]. The maximum atomic E-state index is 13.4. The number of carbonyl (C=O) groups excluding carboxylic acids is 1. The molecule has 38 heavy (non-hydrogen) atoms. The molecule has 1 heterocycles. The van der Waals surface area contributed by atoms with Crippen molar-refractivity contribution in [3.63, 3.8) is 0 Å². The lowest BCUT2D eigenvalue weighted by molar-refractivity contribution is -0.118. The molecule has 2 N–H and O–H groups in total. The van der Waals surface area contributed by atoms with Crippen molar-refractivity contribution in [2.24, 2.45) is 0 Å². The highest BCUT2D eigenvalue weighted by Gasteiger charge is 2.51. The highest BCUT2D eigenvalue weighted by atomic mass is 32.2. The van der Waals surface area contributed by atoms with Gasteiger partial charge in [-0.05, 0) is 91.3 Å². The second-order valence-corrected chi connectivity index (χ2v) is 12.3. The molecule has 0 saturated heterocycles. The summed E-state index contributed by atoms with van der Waals surface area (Å²) in [5, 5.41) is 3.11. The molecule has 0 aromatic heterocycles. The number of hydrogen-bond acceptors (Lipinski definition) is 5. The molecule has 0 atom stereocenters. The van der Waals surface area contributed by atoms with Crippen molar-refractivity contribution in [3.8, 4) is 22.6 Å². The number of carbonyl (C=O) groups is 1. The number of rotatable bonds is 7. The Hall–Kier alpha value is -3.36. The van der Waals surface area contributed by atoms with Gasteiger partial charge in [-0.3, -0.25) is 4.79 Å². The highest BCUT2D eigenvalue weighted by molar-refractivity contribution is 7.89. The summed E-state index contributed by atoms with van der Waals surface area (Å²) in [4.78, 5) is 13.7. The van der Waals surface area contributed by atoms with E-state index in [4.69, 9.17) is 9.47 Å². The zero-order valence-corrected chi connectivity index (χ0v) is 22.3. The van der Waals surface area contributed by atoms with Crippen LogP contribution in [-0.2, 0) is 20.2 Å². The number of benzene rings is 3. The molecular weight excluding hydrogens is 500 g/mol. The van der Waals surface area contributed by atoms with E-state index in [1.54, 1.807) is 12.1 Å². The molecule has 1 aliphatic heterocycles. The summed E-state index contributed by atoms with van der Waals surface area (Å²) in [7, 11) is -3.56. The van der Waals surface area contributed by atoms with Crippen molar-refractivity contribution in [2.45, 2.75) is 68.2 Å². The molecule has 3 aliphatic rings. The van der Waals surface area contributed by atoms with E-state index in [1.165, 1.54) is 6.42 Å². The first-order valence-corrected chi connectivity index (χ1v) is 14.8. The second kappa shape index (κ2) is 9.75. The normalized spacial score (nSPS) is 18.2. The summed E-state index contributed by atoms with van der Waals surface area (Å²) in [5.74, 6) is 1.34. The monoisotopic (exact) mass is 534 g/mol. The number of nitrogens with one attached hydrogen (secondary N) is 2. The van der Waals surface area contributed by atoms with Gasteiger partial charge in [0.25, 0.3) is 0 Å².